The number of piperazine rings is 1. The largest absolute Gasteiger partial charge is 0.490 e. The first-order valence-corrected chi connectivity index (χ1v) is 8.00. The average molecular weight is 328 g/mol. The predicted molar refractivity (Wildman–Crippen MR) is 90.6 cm³/mol. The fourth-order valence-electron chi connectivity index (χ4n) is 2.75. The molecule has 24 heavy (non-hydrogen) atoms. The minimum atomic E-state index is -0.269. The van der Waals surface area contributed by atoms with Gasteiger partial charge in [-0.25, -0.2) is 4.98 Å². The molecule has 0 bridgehead atoms. The predicted octanol–water partition coefficient (Wildman–Crippen LogP) is 1.13. The molecule has 3 heterocycles. The highest BCUT2D eigenvalue weighted by Gasteiger charge is 2.24. The number of carbonyl (C=O) groups excluding carboxylic acids is 1. The number of amides is 1. The summed E-state index contributed by atoms with van der Waals surface area (Å²) in [6.07, 6.45) is 1.74. The number of nitrogens with one attached hydrogen (secondary N) is 1. The smallest absolute Gasteiger partial charge is 0.270 e. The third-order valence-electron chi connectivity index (χ3n) is 3.92. The molecule has 1 fully saturated rings. The second kappa shape index (κ2) is 7.16. The van der Waals surface area contributed by atoms with Gasteiger partial charge in [-0.2, -0.15) is 0 Å². The van der Waals surface area contributed by atoms with Crippen molar-refractivity contribution in [3.8, 4) is 5.75 Å². The lowest BCUT2D eigenvalue weighted by Gasteiger charge is -2.35. The Hall–Kier alpha value is -2.83. The maximum atomic E-state index is 12.5. The van der Waals surface area contributed by atoms with Gasteiger partial charge in [0.2, 0.25) is 5.56 Å². The molecule has 2 aromatic rings. The van der Waals surface area contributed by atoms with Crippen LogP contribution >= 0.6 is 0 Å². The lowest BCUT2D eigenvalue weighted by atomic mass is 10.2. The molecule has 7 nitrogen and oxygen atoms in total. The molecule has 126 valence electrons. The highest BCUT2D eigenvalue weighted by molar-refractivity contribution is 5.92. The molecule has 2 aromatic heterocycles. The Morgan fingerprint density at radius 2 is 2.00 bits per heavy atom. The van der Waals surface area contributed by atoms with E-state index in [-0.39, 0.29) is 11.5 Å². The second-order valence-electron chi connectivity index (χ2n) is 5.47. The fraction of sp³-hybridized carbons (Fsp3) is 0.353. The van der Waals surface area contributed by atoms with E-state index in [1.54, 1.807) is 23.2 Å². The summed E-state index contributed by atoms with van der Waals surface area (Å²) >= 11 is 0. The minimum Gasteiger partial charge on any atom is -0.490 e. The molecule has 0 aromatic carbocycles. The summed E-state index contributed by atoms with van der Waals surface area (Å²) in [5, 5.41) is 0. The zero-order valence-corrected chi connectivity index (χ0v) is 13.6. The summed E-state index contributed by atoms with van der Waals surface area (Å²) in [6.45, 7) is 4.99. The first-order chi connectivity index (χ1) is 11.7. The number of aromatic nitrogens is 2. The van der Waals surface area contributed by atoms with Gasteiger partial charge < -0.3 is 19.5 Å². The number of H-pyrrole nitrogens is 1. The van der Waals surface area contributed by atoms with Crippen LogP contribution in [0, 0.1) is 0 Å². The Bertz CT molecular complexity index is 766. The van der Waals surface area contributed by atoms with Crippen LogP contribution < -0.4 is 15.2 Å². The van der Waals surface area contributed by atoms with Crippen molar-refractivity contribution in [2.75, 3.05) is 37.7 Å². The number of pyridine rings is 2. The Morgan fingerprint density at radius 3 is 2.71 bits per heavy atom. The summed E-state index contributed by atoms with van der Waals surface area (Å²) in [5.74, 6) is 1.41. The van der Waals surface area contributed by atoms with E-state index in [2.05, 4.69) is 14.9 Å². The molecule has 0 unspecified atom stereocenters. The zero-order valence-electron chi connectivity index (χ0n) is 13.6. The van der Waals surface area contributed by atoms with Crippen LogP contribution in [0.2, 0.25) is 0 Å². The molecule has 0 aliphatic carbocycles. The summed E-state index contributed by atoms with van der Waals surface area (Å²) in [7, 11) is 0. The fourth-order valence-corrected chi connectivity index (χ4v) is 2.75. The normalized spacial score (nSPS) is 14.5. The average Bonchev–Trinajstić information content (AvgIpc) is 2.62. The van der Waals surface area contributed by atoms with Crippen molar-refractivity contribution < 1.29 is 9.53 Å². The topological polar surface area (TPSA) is 78.5 Å². The molecule has 1 saturated heterocycles. The molecular weight excluding hydrogens is 308 g/mol. The molecule has 3 rings (SSSR count). The maximum Gasteiger partial charge on any atom is 0.270 e. The molecular formula is C17H20N4O3. The summed E-state index contributed by atoms with van der Waals surface area (Å²) < 4.78 is 5.62. The zero-order chi connectivity index (χ0) is 16.9. The number of ether oxygens (including phenoxy) is 1. The minimum absolute atomic E-state index is 0.154. The van der Waals surface area contributed by atoms with Gasteiger partial charge in [-0.3, -0.25) is 9.59 Å². The Kier molecular flexibility index (Phi) is 4.79. The number of hydrogen-bond acceptors (Lipinski definition) is 5. The van der Waals surface area contributed by atoms with E-state index in [0.29, 0.717) is 38.5 Å². The van der Waals surface area contributed by atoms with Crippen LogP contribution in [0.15, 0.2) is 41.3 Å². The van der Waals surface area contributed by atoms with Gasteiger partial charge in [-0.1, -0.05) is 6.07 Å². The highest BCUT2D eigenvalue weighted by Crippen LogP contribution is 2.26. The standard InChI is InChI=1S/C17H20N4O3/c1-2-24-14-6-4-8-18-16(14)20-9-11-21(12-10-20)17(23)13-5-3-7-15(22)19-13/h3-8H,2,9-12H2,1H3,(H,19,22). The third kappa shape index (κ3) is 3.40. The van der Waals surface area contributed by atoms with Crippen LogP contribution in [-0.4, -0.2) is 53.6 Å². The summed E-state index contributed by atoms with van der Waals surface area (Å²) in [6, 6.07) is 8.36. The van der Waals surface area contributed by atoms with Crippen molar-refractivity contribution in [3.63, 3.8) is 0 Å². The summed E-state index contributed by atoms with van der Waals surface area (Å²) in [5.41, 5.74) is 0.0538. The quantitative estimate of drug-likeness (QED) is 0.910. The number of anilines is 1. The molecule has 0 atom stereocenters. The van der Waals surface area contributed by atoms with E-state index in [9.17, 15) is 9.59 Å². The Morgan fingerprint density at radius 1 is 1.21 bits per heavy atom. The SMILES string of the molecule is CCOc1cccnc1N1CCN(C(=O)c2cccc(=O)[nH]2)CC1. The van der Waals surface area contributed by atoms with Crippen molar-refractivity contribution in [1.82, 2.24) is 14.9 Å². The second-order valence-corrected chi connectivity index (χ2v) is 5.47. The molecule has 0 saturated carbocycles. The van der Waals surface area contributed by atoms with Gasteiger partial charge in [0.1, 0.15) is 5.69 Å². The number of carbonyl (C=O) groups is 1. The van der Waals surface area contributed by atoms with Gasteiger partial charge >= 0.3 is 0 Å². The van der Waals surface area contributed by atoms with Gasteiger partial charge in [0, 0.05) is 38.4 Å². The van der Waals surface area contributed by atoms with E-state index in [1.807, 2.05) is 19.1 Å². The number of rotatable bonds is 4. The summed E-state index contributed by atoms with van der Waals surface area (Å²) in [4.78, 5) is 34.7. The molecule has 1 N–H and O–H groups in total. The van der Waals surface area contributed by atoms with Crippen LogP contribution in [0.3, 0.4) is 0 Å². The first-order valence-electron chi connectivity index (χ1n) is 8.00. The van der Waals surface area contributed by atoms with Crippen molar-refractivity contribution in [2.24, 2.45) is 0 Å². The third-order valence-corrected chi connectivity index (χ3v) is 3.92. The highest BCUT2D eigenvalue weighted by atomic mass is 16.5. The van der Waals surface area contributed by atoms with Crippen molar-refractivity contribution in [1.29, 1.82) is 0 Å². The first kappa shape index (κ1) is 16.0. The number of hydrogen-bond donors (Lipinski definition) is 1. The molecule has 1 amide bonds. The number of nitrogens with zero attached hydrogens (tertiary/aromatic N) is 3. The van der Waals surface area contributed by atoms with Gasteiger partial charge in [-0.05, 0) is 25.1 Å². The van der Waals surface area contributed by atoms with Crippen molar-refractivity contribution >= 4 is 11.7 Å². The van der Waals surface area contributed by atoms with E-state index < -0.39 is 0 Å². The molecule has 7 heteroatoms. The van der Waals surface area contributed by atoms with Crippen LogP contribution in [0.5, 0.6) is 5.75 Å². The van der Waals surface area contributed by atoms with Gasteiger partial charge in [0.15, 0.2) is 11.6 Å². The number of aromatic amines is 1. The molecule has 0 spiro atoms. The monoisotopic (exact) mass is 328 g/mol. The lowest BCUT2D eigenvalue weighted by Crippen LogP contribution is -2.49. The Labute approximate surface area is 139 Å². The van der Waals surface area contributed by atoms with E-state index in [0.717, 1.165) is 11.6 Å². The van der Waals surface area contributed by atoms with Crippen LogP contribution in [0.25, 0.3) is 0 Å². The van der Waals surface area contributed by atoms with Gasteiger partial charge in [0.05, 0.1) is 6.61 Å². The lowest BCUT2D eigenvalue weighted by molar-refractivity contribution is 0.0740. The van der Waals surface area contributed by atoms with Gasteiger partial charge in [0.25, 0.3) is 5.91 Å². The molecule has 0 radical (unpaired) electrons. The van der Waals surface area contributed by atoms with Crippen LogP contribution in [-0.2, 0) is 0 Å². The van der Waals surface area contributed by atoms with Crippen molar-refractivity contribution in [2.45, 2.75) is 6.92 Å². The Balaban J connectivity index is 1.68. The van der Waals surface area contributed by atoms with E-state index in [1.165, 1.54) is 6.07 Å². The van der Waals surface area contributed by atoms with E-state index >= 15 is 0 Å². The maximum absolute atomic E-state index is 12.5. The van der Waals surface area contributed by atoms with Crippen molar-refractivity contribution in [3.05, 3.63) is 52.6 Å². The van der Waals surface area contributed by atoms with Crippen LogP contribution in [0.1, 0.15) is 17.4 Å². The van der Waals surface area contributed by atoms with Crippen LogP contribution in [0.4, 0.5) is 5.82 Å². The molecule has 1 aliphatic rings. The molecule has 1 aliphatic heterocycles. The van der Waals surface area contributed by atoms with Gasteiger partial charge in [-0.15, -0.1) is 0 Å². The van der Waals surface area contributed by atoms with E-state index in [4.69, 9.17) is 4.74 Å².